The van der Waals surface area contributed by atoms with Crippen molar-refractivity contribution in [3.05, 3.63) is 59.4 Å². The van der Waals surface area contributed by atoms with Crippen LogP contribution >= 0.6 is 0 Å². The number of nitrogens with two attached hydrogens (primary N) is 1. The van der Waals surface area contributed by atoms with Crippen molar-refractivity contribution in [2.24, 2.45) is 10.8 Å². The molecule has 16 heavy (non-hydrogen) atoms. The van der Waals surface area contributed by atoms with E-state index in [1.54, 1.807) is 11.2 Å². The first-order valence-corrected chi connectivity index (χ1v) is 4.84. The molecule has 0 bridgehead atoms. The summed E-state index contributed by atoms with van der Waals surface area (Å²) in [4.78, 5) is 10.6. The van der Waals surface area contributed by atoms with Gasteiger partial charge < -0.3 is 5.73 Å². The predicted molar refractivity (Wildman–Crippen MR) is 61.0 cm³/mol. The van der Waals surface area contributed by atoms with E-state index in [0.717, 1.165) is 10.6 Å². The van der Waals surface area contributed by atoms with Crippen LogP contribution in [0, 0.1) is 0 Å². The van der Waals surface area contributed by atoms with E-state index in [2.05, 4.69) is 5.10 Å². The van der Waals surface area contributed by atoms with Crippen LogP contribution in [-0.2, 0) is 4.79 Å². The topological polar surface area (TPSA) is 58.7 Å². The number of carbonyl (C=O) groups is 1. The molecule has 0 aromatic heterocycles. The van der Waals surface area contributed by atoms with Gasteiger partial charge in [0.05, 0.1) is 5.36 Å². The Labute approximate surface area is 92.7 Å². The fourth-order valence-corrected chi connectivity index (χ4v) is 1.35. The van der Waals surface area contributed by atoms with Crippen LogP contribution in [0.5, 0.6) is 0 Å². The van der Waals surface area contributed by atoms with E-state index < -0.39 is 5.91 Å². The maximum Gasteiger partial charge on any atom is 0.242 e. The van der Waals surface area contributed by atoms with Crippen LogP contribution < -0.4 is 16.3 Å². The number of hydrogen-bond donors (Lipinski definition) is 1. The Hall–Kier alpha value is -2.36. The first-order chi connectivity index (χ1) is 7.75. The summed E-state index contributed by atoms with van der Waals surface area (Å²) in [5.41, 5.74) is 5.02. The van der Waals surface area contributed by atoms with Crippen molar-refractivity contribution in [3.8, 4) is 0 Å². The molecule has 0 aliphatic carbocycles. The second-order valence-electron chi connectivity index (χ2n) is 3.27. The highest BCUT2D eigenvalue weighted by Gasteiger charge is 1.94. The smallest absolute Gasteiger partial charge is 0.242 e. The number of carbonyl (C=O) groups excluding carboxylic acids is 1. The lowest BCUT2D eigenvalue weighted by Gasteiger charge is -2.05. The number of rotatable bonds is 2. The van der Waals surface area contributed by atoms with E-state index in [0.29, 0.717) is 0 Å². The Morgan fingerprint density at radius 3 is 3.00 bits per heavy atom. The van der Waals surface area contributed by atoms with Crippen LogP contribution in [-0.4, -0.2) is 10.9 Å². The SMILES string of the molecule is NC(=O)/C=C/N1C=CC=c2ccccc2=N1. The summed E-state index contributed by atoms with van der Waals surface area (Å²) in [6, 6.07) is 7.75. The zero-order chi connectivity index (χ0) is 11.4. The lowest BCUT2D eigenvalue weighted by Crippen LogP contribution is -2.25. The standard InChI is InChI=1S/C12H11N3O/c13-12(16)7-9-15-8-3-5-10-4-1-2-6-11(10)14-15/h1-9H,(H2,13,16)/b9-7+. The molecule has 0 unspecified atom stereocenters. The molecule has 0 saturated carbocycles. The molecule has 0 fully saturated rings. The normalized spacial score (nSPS) is 13.9. The Balaban J connectivity index is 2.41. The molecule has 4 heteroatoms. The van der Waals surface area contributed by atoms with Crippen LogP contribution in [0.2, 0.25) is 0 Å². The maximum atomic E-state index is 10.6. The van der Waals surface area contributed by atoms with Gasteiger partial charge in [-0.05, 0) is 12.1 Å². The molecule has 2 N–H and O–H groups in total. The van der Waals surface area contributed by atoms with E-state index >= 15 is 0 Å². The lowest BCUT2D eigenvalue weighted by atomic mass is 10.3. The van der Waals surface area contributed by atoms with E-state index in [1.807, 2.05) is 36.4 Å². The molecule has 1 aliphatic heterocycles. The van der Waals surface area contributed by atoms with Crippen molar-refractivity contribution in [2.75, 3.05) is 0 Å². The van der Waals surface area contributed by atoms with Gasteiger partial charge in [-0.15, -0.1) is 0 Å². The summed E-state index contributed by atoms with van der Waals surface area (Å²) >= 11 is 0. The zero-order valence-corrected chi connectivity index (χ0v) is 8.58. The Kier molecular flexibility index (Phi) is 2.82. The van der Waals surface area contributed by atoms with Gasteiger partial charge in [-0.3, -0.25) is 4.79 Å². The molecule has 1 aromatic rings. The number of benzene rings is 1. The lowest BCUT2D eigenvalue weighted by molar-refractivity contribution is -0.113. The molecule has 2 rings (SSSR count). The van der Waals surface area contributed by atoms with Crippen LogP contribution in [0.15, 0.2) is 53.9 Å². The summed E-state index contributed by atoms with van der Waals surface area (Å²) in [5, 5.41) is 7.77. The quantitative estimate of drug-likeness (QED) is 0.693. The monoisotopic (exact) mass is 213 g/mol. The van der Waals surface area contributed by atoms with Crippen molar-refractivity contribution >= 4 is 12.0 Å². The molecule has 4 nitrogen and oxygen atoms in total. The van der Waals surface area contributed by atoms with Crippen molar-refractivity contribution < 1.29 is 4.79 Å². The minimum absolute atomic E-state index is 0.495. The predicted octanol–water partition coefficient (Wildman–Crippen LogP) is -0.170. The largest absolute Gasteiger partial charge is 0.366 e. The minimum atomic E-state index is -0.495. The molecule has 1 aliphatic rings. The molecule has 1 amide bonds. The molecule has 80 valence electrons. The summed E-state index contributed by atoms with van der Waals surface area (Å²) in [7, 11) is 0. The average Bonchev–Trinajstić information content (AvgIpc) is 2.47. The van der Waals surface area contributed by atoms with Crippen LogP contribution in [0.3, 0.4) is 0 Å². The van der Waals surface area contributed by atoms with E-state index in [-0.39, 0.29) is 0 Å². The number of hydrogen-bond acceptors (Lipinski definition) is 3. The number of primary amides is 1. The molecular weight excluding hydrogens is 202 g/mol. The summed E-state index contributed by atoms with van der Waals surface area (Å²) < 4.78 is 0. The Morgan fingerprint density at radius 2 is 2.19 bits per heavy atom. The van der Waals surface area contributed by atoms with Gasteiger partial charge in [0.1, 0.15) is 0 Å². The summed E-state index contributed by atoms with van der Waals surface area (Å²) in [6.07, 6.45) is 8.35. The Morgan fingerprint density at radius 1 is 1.38 bits per heavy atom. The first-order valence-electron chi connectivity index (χ1n) is 4.84. The van der Waals surface area contributed by atoms with Gasteiger partial charge in [0, 0.05) is 23.7 Å². The van der Waals surface area contributed by atoms with Gasteiger partial charge in [0.2, 0.25) is 5.91 Å². The number of amides is 1. The van der Waals surface area contributed by atoms with Crippen LogP contribution in [0.25, 0.3) is 6.08 Å². The van der Waals surface area contributed by atoms with Gasteiger partial charge >= 0.3 is 0 Å². The highest BCUT2D eigenvalue weighted by atomic mass is 16.1. The zero-order valence-electron chi connectivity index (χ0n) is 8.58. The van der Waals surface area contributed by atoms with Gasteiger partial charge in [0.25, 0.3) is 0 Å². The molecule has 0 saturated heterocycles. The fraction of sp³-hybridized carbons (Fsp3) is 0. The van der Waals surface area contributed by atoms with Gasteiger partial charge in [-0.25, -0.2) is 5.01 Å². The first kappa shape index (κ1) is 10.2. The van der Waals surface area contributed by atoms with E-state index in [4.69, 9.17) is 5.73 Å². The third kappa shape index (κ3) is 2.36. The summed E-state index contributed by atoms with van der Waals surface area (Å²) in [5.74, 6) is -0.495. The second-order valence-corrected chi connectivity index (χ2v) is 3.27. The van der Waals surface area contributed by atoms with Crippen molar-refractivity contribution in [2.45, 2.75) is 0 Å². The number of fused-ring (bicyclic) bond motifs is 1. The van der Waals surface area contributed by atoms with E-state index in [1.165, 1.54) is 12.3 Å². The molecule has 0 spiro atoms. The molecular formula is C12H11N3O. The molecule has 0 atom stereocenters. The Bertz CT molecular complexity index is 572. The molecule has 0 radical (unpaired) electrons. The maximum absolute atomic E-state index is 10.6. The fourth-order valence-electron chi connectivity index (χ4n) is 1.35. The van der Waals surface area contributed by atoms with Gasteiger partial charge in [-0.2, -0.15) is 5.10 Å². The average molecular weight is 213 g/mol. The molecule has 1 aromatic carbocycles. The third-order valence-electron chi connectivity index (χ3n) is 2.07. The van der Waals surface area contributed by atoms with Crippen LogP contribution in [0.4, 0.5) is 0 Å². The van der Waals surface area contributed by atoms with E-state index in [9.17, 15) is 4.79 Å². The van der Waals surface area contributed by atoms with Crippen molar-refractivity contribution in [1.82, 2.24) is 5.01 Å². The highest BCUT2D eigenvalue weighted by molar-refractivity contribution is 5.85. The third-order valence-corrected chi connectivity index (χ3v) is 2.07. The van der Waals surface area contributed by atoms with Gasteiger partial charge in [0.15, 0.2) is 0 Å². The highest BCUT2D eigenvalue weighted by Crippen LogP contribution is 1.94. The second kappa shape index (κ2) is 4.44. The molecule has 1 heterocycles. The summed E-state index contributed by atoms with van der Waals surface area (Å²) in [6.45, 7) is 0. The van der Waals surface area contributed by atoms with Crippen LogP contribution in [0.1, 0.15) is 0 Å². The number of allylic oxidation sites excluding steroid dienone is 1. The van der Waals surface area contributed by atoms with Crippen molar-refractivity contribution in [1.29, 1.82) is 0 Å². The number of nitrogens with zero attached hydrogens (tertiary/aromatic N) is 2. The van der Waals surface area contributed by atoms with Gasteiger partial charge in [-0.1, -0.05) is 24.3 Å². The minimum Gasteiger partial charge on any atom is -0.366 e. The van der Waals surface area contributed by atoms with Crippen molar-refractivity contribution in [3.63, 3.8) is 0 Å².